The van der Waals surface area contributed by atoms with Crippen LogP contribution in [-0.4, -0.2) is 29.8 Å². The van der Waals surface area contributed by atoms with E-state index >= 15 is 0 Å². The third-order valence-electron chi connectivity index (χ3n) is 7.06. The smallest absolute Gasteiger partial charge is 0.255 e. The third kappa shape index (κ3) is 4.36. The quantitative estimate of drug-likeness (QED) is 0.512. The summed E-state index contributed by atoms with van der Waals surface area (Å²) in [7, 11) is 0. The summed E-state index contributed by atoms with van der Waals surface area (Å²) < 4.78 is 0. The second kappa shape index (κ2) is 9.07. The summed E-state index contributed by atoms with van der Waals surface area (Å²) in [5.74, 6) is -0.173. The minimum absolute atomic E-state index is 0.0233. The van der Waals surface area contributed by atoms with Crippen LogP contribution in [0.15, 0.2) is 66.7 Å². The highest BCUT2D eigenvalue weighted by atomic mass is 16.2. The zero-order chi connectivity index (χ0) is 23.7. The van der Waals surface area contributed by atoms with Crippen molar-refractivity contribution in [3.63, 3.8) is 0 Å². The maximum Gasteiger partial charge on any atom is 0.255 e. The number of hydrogen-bond acceptors (Lipinski definition) is 3. The number of carbonyl (C=O) groups excluding carboxylic acids is 2. The van der Waals surface area contributed by atoms with Crippen LogP contribution in [0.5, 0.6) is 0 Å². The second-order valence-corrected chi connectivity index (χ2v) is 9.87. The van der Waals surface area contributed by atoms with Crippen LogP contribution in [0.3, 0.4) is 0 Å². The van der Waals surface area contributed by atoms with Crippen molar-refractivity contribution in [2.75, 3.05) is 23.7 Å². The Hall–Kier alpha value is -3.44. The first-order valence-electron chi connectivity index (χ1n) is 12.1. The Morgan fingerprint density at radius 1 is 0.971 bits per heavy atom. The van der Waals surface area contributed by atoms with Crippen LogP contribution in [0.4, 0.5) is 11.4 Å². The van der Waals surface area contributed by atoms with Crippen LogP contribution in [-0.2, 0) is 16.8 Å². The summed E-state index contributed by atoms with van der Waals surface area (Å²) in [5, 5.41) is 5.94. The highest BCUT2D eigenvalue weighted by molar-refractivity contribution is 6.08. The average molecular weight is 454 g/mol. The van der Waals surface area contributed by atoms with Crippen molar-refractivity contribution in [3.05, 3.63) is 83.4 Å². The van der Waals surface area contributed by atoms with Gasteiger partial charge in [0.2, 0.25) is 5.91 Å². The van der Waals surface area contributed by atoms with Crippen molar-refractivity contribution in [1.29, 1.82) is 0 Å². The van der Waals surface area contributed by atoms with E-state index in [1.807, 2.05) is 50.2 Å². The average Bonchev–Trinajstić information content (AvgIpc) is 3.07. The fraction of sp³-hybridized carbons (Fsp3) is 0.310. The van der Waals surface area contributed by atoms with Gasteiger partial charge in [-0.3, -0.25) is 14.5 Å². The Labute approximate surface area is 201 Å². The van der Waals surface area contributed by atoms with Gasteiger partial charge in [-0.1, -0.05) is 48.9 Å². The molecule has 2 aliphatic rings. The normalized spacial score (nSPS) is 17.2. The number of hydrogen-bond donors (Lipinski definition) is 2. The van der Waals surface area contributed by atoms with Gasteiger partial charge < -0.3 is 10.6 Å². The molecule has 0 aromatic heterocycles. The van der Waals surface area contributed by atoms with Crippen LogP contribution in [0.2, 0.25) is 0 Å². The van der Waals surface area contributed by atoms with Crippen molar-refractivity contribution in [2.45, 2.75) is 45.1 Å². The molecule has 5 nitrogen and oxygen atoms in total. The van der Waals surface area contributed by atoms with E-state index in [4.69, 9.17) is 0 Å². The van der Waals surface area contributed by atoms with E-state index in [2.05, 4.69) is 45.9 Å². The lowest BCUT2D eigenvalue weighted by Gasteiger charge is -2.27. The van der Waals surface area contributed by atoms with E-state index < -0.39 is 5.41 Å². The van der Waals surface area contributed by atoms with Crippen molar-refractivity contribution in [3.8, 4) is 11.1 Å². The van der Waals surface area contributed by atoms with Crippen molar-refractivity contribution >= 4 is 23.2 Å². The molecule has 5 rings (SSSR count). The number of benzene rings is 3. The predicted octanol–water partition coefficient (Wildman–Crippen LogP) is 5.82. The van der Waals surface area contributed by atoms with Crippen LogP contribution < -0.4 is 10.6 Å². The van der Waals surface area contributed by atoms with Gasteiger partial charge in [0.1, 0.15) is 0 Å². The second-order valence-electron chi connectivity index (χ2n) is 9.87. The summed E-state index contributed by atoms with van der Waals surface area (Å²) in [6.07, 6.45) is 3.75. The Morgan fingerprint density at radius 3 is 2.50 bits per heavy atom. The Balaban J connectivity index is 1.41. The van der Waals surface area contributed by atoms with E-state index in [-0.39, 0.29) is 11.8 Å². The molecule has 2 heterocycles. The van der Waals surface area contributed by atoms with E-state index in [1.54, 1.807) is 0 Å². The number of nitrogens with zero attached hydrogens (tertiary/aromatic N) is 1. The van der Waals surface area contributed by atoms with Gasteiger partial charge in [0, 0.05) is 23.5 Å². The number of anilines is 2. The Bertz CT molecular complexity index is 1230. The molecule has 0 saturated carbocycles. The molecule has 0 radical (unpaired) electrons. The molecule has 1 fully saturated rings. The van der Waals surface area contributed by atoms with Gasteiger partial charge in [0.25, 0.3) is 5.91 Å². The lowest BCUT2D eigenvalue weighted by atomic mass is 9.86. The maximum atomic E-state index is 13.2. The molecule has 0 unspecified atom stereocenters. The molecule has 2 aliphatic heterocycles. The molecule has 1 saturated heterocycles. The number of fused-ring (bicyclic) bond motifs is 1. The number of nitrogens with one attached hydrogen (secondary N) is 2. The van der Waals surface area contributed by atoms with Crippen LogP contribution in [0, 0.1) is 0 Å². The molecule has 0 aliphatic carbocycles. The third-order valence-corrected chi connectivity index (χ3v) is 7.06. The number of piperidine rings is 1. The monoisotopic (exact) mass is 453 g/mol. The molecular formula is C29H31N3O2. The summed E-state index contributed by atoms with van der Waals surface area (Å²) in [4.78, 5) is 27.9. The van der Waals surface area contributed by atoms with Gasteiger partial charge in [0.15, 0.2) is 0 Å². The summed E-state index contributed by atoms with van der Waals surface area (Å²) in [5.41, 5.74) is 5.97. The minimum atomic E-state index is -0.561. The number of carbonyl (C=O) groups is 2. The lowest BCUT2D eigenvalue weighted by molar-refractivity contribution is -0.119. The number of rotatable bonds is 5. The summed E-state index contributed by atoms with van der Waals surface area (Å²) >= 11 is 0. The van der Waals surface area contributed by atoms with Crippen molar-refractivity contribution < 1.29 is 9.59 Å². The van der Waals surface area contributed by atoms with Crippen LogP contribution in [0.1, 0.15) is 54.6 Å². The zero-order valence-electron chi connectivity index (χ0n) is 19.9. The molecular weight excluding hydrogens is 422 g/mol. The number of amides is 2. The zero-order valence-corrected chi connectivity index (χ0v) is 19.9. The van der Waals surface area contributed by atoms with Gasteiger partial charge in [-0.05, 0) is 86.3 Å². The first-order chi connectivity index (χ1) is 16.4. The maximum absolute atomic E-state index is 13.2. The van der Waals surface area contributed by atoms with Crippen LogP contribution in [0.25, 0.3) is 11.1 Å². The minimum Gasteiger partial charge on any atom is -0.325 e. The van der Waals surface area contributed by atoms with Gasteiger partial charge >= 0.3 is 0 Å². The van der Waals surface area contributed by atoms with Gasteiger partial charge in [-0.2, -0.15) is 0 Å². The molecule has 3 aromatic carbocycles. The van der Waals surface area contributed by atoms with Crippen molar-refractivity contribution in [1.82, 2.24) is 4.90 Å². The Morgan fingerprint density at radius 2 is 1.74 bits per heavy atom. The van der Waals surface area contributed by atoms with Gasteiger partial charge in [-0.15, -0.1) is 0 Å². The summed E-state index contributed by atoms with van der Waals surface area (Å²) in [6, 6.07) is 22.0. The molecule has 0 bridgehead atoms. The SMILES string of the molecule is CC1(C)C(=O)Nc2cc(NC(=O)c3ccc(-c4ccccc4)c(CN4CCCCC4)c3)ccc21. The predicted molar refractivity (Wildman–Crippen MR) is 137 cm³/mol. The molecule has 2 amide bonds. The molecule has 0 atom stereocenters. The fourth-order valence-corrected chi connectivity index (χ4v) is 5.00. The highest BCUT2D eigenvalue weighted by Crippen LogP contribution is 2.38. The number of likely N-dealkylation sites (tertiary alicyclic amines) is 1. The Kier molecular flexibility index (Phi) is 5.96. The largest absolute Gasteiger partial charge is 0.325 e. The van der Waals surface area contributed by atoms with Gasteiger partial charge in [0.05, 0.1) is 5.41 Å². The van der Waals surface area contributed by atoms with Gasteiger partial charge in [-0.25, -0.2) is 0 Å². The molecule has 5 heteroatoms. The fourth-order valence-electron chi connectivity index (χ4n) is 5.00. The molecule has 0 spiro atoms. The molecule has 174 valence electrons. The summed E-state index contributed by atoms with van der Waals surface area (Å²) in [6.45, 7) is 6.85. The topological polar surface area (TPSA) is 61.4 Å². The first kappa shape index (κ1) is 22.4. The van der Waals surface area contributed by atoms with E-state index in [9.17, 15) is 9.59 Å². The van der Waals surface area contributed by atoms with E-state index in [1.165, 1.54) is 36.0 Å². The van der Waals surface area contributed by atoms with E-state index in [0.717, 1.165) is 30.9 Å². The van der Waals surface area contributed by atoms with Crippen LogP contribution >= 0.6 is 0 Å². The molecule has 34 heavy (non-hydrogen) atoms. The highest BCUT2D eigenvalue weighted by Gasteiger charge is 2.38. The molecule has 2 N–H and O–H groups in total. The van der Waals surface area contributed by atoms with E-state index in [0.29, 0.717) is 11.3 Å². The lowest BCUT2D eigenvalue weighted by Crippen LogP contribution is -2.29. The standard InChI is InChI=1S/C29H31N3O2/c1-29(2)25-14-12-23(18-26(25)31-28(29)34)30-27(33)21-11-13-24(20-9-5-3-6-10-20)22(17-21)19-32-15-7-4-8-16-32/h3,5-6,9-14,17-18H,4,7-8,15-16,19H2,1-2H3,(H,30,33)(H,31,34). The van der Waals surface area contributed by atoms with Crippen molar-refractivity contribution in [2.24, 2.45) is 0 Å². The molecule has 3 aromatic rings. The first-order valence-corrected chi connectivity index (χ1v) is 12.1.